The summed E-state index contributed by atoms with van der Waals surface area (Å²) in [5, 5.41) is 9.88. The summed E-state index contributed by atoms with van der Waals surface area (Å²) in [6.45, 7) is 1.22. The van der Waals surface area contributed by atoms with Gasteiger partial charge in [0.15, 0.2) is 0 Å². The van der Waals surface area contributed by atoms with Gasteiger partial charge in [0.1, 0.15) is 12.4 Å². The largest absolute Gasteiger partial charge is 0.383 e. The zero-order chi connectivity index (χ0) is 20.8. The average Bonchev–Trinajstić information content (AvgIpc) is 2.84. The minimum Gasteiger partial charge on any atom is -0.383 e. The van der Waals surface area contributed by atoms with E-state index in [0.717, 1.165) is 31.5 Å². The minimum absolute atomic E-state index is 0.185. The lowest BCUT2D eigenvalue weighted by Crippen LogP contribution is -2.30. The molecular weight excluding hydrogens is 398 g/mol. The number of hydrogen-bond acceptors (Lipinski definition) is 5. The van der Waals surface area contributed by atoms with E-state index in [1.165, 1.54) is 16.8 Å². The van der Waals surface area contributed by atoms with E-state index >= 15 is 0 Å². The fourth-order valence-corrected chi connectivity index (χ4v) is 3.47. The van der Waals surface area contributed by atoms with Gasteiger partial charge in [-0.25, -0.2) is 9.48 Å². The van der Waals surface area contributed by atoms with Crippen molar-refractivity contribution in [3.05, 3.63) is 45.1 Å². The molecule has 10 heteroatoms. The SMILES string of the molecule is COCCNC(=O)c1ccc(NC(=O)Cn2nc3n(c2=O)CCCCC3)cc1Cl. The quantitative estimate of drug-likeness (QED) is 0.658. The predicted octanol–water partition coefficient (Wildman–Crippen LogP) is 1.44. The van der Waals surface area contributed by atoms with Crippen LogP contribution >= 0.6 is 11.6 Å². The molecular formula is C19H24ClN5O4. The van der Waals surface area contributed by atoms with Gasteiger partial charge in [-0.2, -0.15) is 5.10 Å². The predicted molar refractivity (Wildman–Crippen MR) is 108 cm³/mol. The molecule has 1 aliphatic heterocycles. The number of benzene rings is 1. The summed E-state index contributed by atoms with van der Waals surface area (Å²) >= 11 is 6.18. The lowest BCUT2D eigenvalue weighted by molar-refractivity contribution is -0.117. The zero-order valence-electron chi connectivity index (χ0n) is 16.2. The Bertz CT molecular complexity index is 953. The molecule has 2 heterocycles. The van der Waals surface area contributed by atoms with E-state index in [1.807, 2.05) is 0 Å². The monoisotopic (exact) mass is 421 g/mol. The fraction of sp³-hybridized carbons (Fsp3) is 0.474. The molecule has 2 amide bonds. The topological polar surface area (TPSA) is 107 Å². The molecule has 0 unspecified atom stereocenters. The van der Waals surface area contributed by atoms with Crippen molar-refractivity contribution < 1.29 is 14.3 Å². The van der Waals surface area contributed by atoms with E-state index in [2.05, 4.69) is 15.7 Å². The van der Waals surface area contributed by atoms with Gasteiger partial charge in [0.25, 0.3) is 5.91 Å². The Kier molecular flexibility index (Phi) is 7.05. The number of carbonyl (C=O) groups is 2. The molecule has 0 spiro atoms. The van der Waals surface area contributed by atoms with E-state index in [9.17, 15) is 14.4 Å². The number of amides is 2. The molecule has 2 N–H and O–H groups in total. The van der Waals surface area contributed by atoms with E-state index in [0.29, 0.717) is 30.9 Å². The molecule has 1 aromatic heterocycles. The van der Waals surface area contributed by atoms with Crippen LogP contribution in [0.5, 0.6) is 0 Å². The fourth-order valence-electron chi connectivity index (χ4n) is 3.20. The van der Waals surface area contributed by atoms with Crippen LogP contribution in [-0.2, 0) is 29.0 Å². The highest BCUT2D eigenvalue weighted by molar-refractivity contribution is 6.34. The normalized spacial score (nSPS) is 13.4. The number of nitrogens with zero attached hydrogens (tertiary/aromatic N) is 3. The Morgan fingerprint density at radius 3 is 2.86 bits per heavy atom. The Labute approximate surface area is 173 Å². The number of anilines is 1. The second-order valence-corrected chi connectivity index (χ2v) is 7.22. The number of hydrogen-bond donors (Lipinski definition) is 2. The van der Waals surface area contributed by atoms with Crippen LogP contribution in [0.4, 0.5) is 5.69 Å². The van der Waals surface area contributed by atoms with Gasteiger partial charge in [0.05, 0.1) is 17.2 Å². The number of methoxy groups -OCH3 is 1. The number of fused-ring (bicyclic) bond motifs is 1. The van der Waals surface area contributed by atoms with E-state index in [4.69, 9.17) is 16.3 Å². The number of aryl methyl sites for hydroxylation is 1. The number of aromatic nitrogens is 3. The Balaban J connectivity index is 1.63. The maximum Gasteiger partial charge on any atom is 0.346 e. The van der Waals surface area contributed by atoms with Crippen molar-refractivity contribution >= 4 is 29.1 Å². The first-order valence-electron chi connectivity index (χ1n) is 9.52. The van der Waals surface area contributed by atoms with Crippen LogP contribution in [-0.4, -0.2) is 46.4 Å². The summed E-state index contributed by atoms with van der Waals surface area (Å²) in [5.74, 6) is 0.0110. The van der Waals surface area contributed by atoms with Gasteiger partial charge in [-0.05, 0) is 31.0 Å². The second kappa shape index (κ2) is 9.71. The van der Waals surface area contributed by atoms with Crippen LogP contribution in [0.25, 0.3) is 0 Å². The maximum atomic E-state index is 12.4. The van der Waals surface area contributed by atoms with Crippen LogP contribution < -0.4 is 16.3 Å². The van der Waals surface area contributed by atoms with Gasteiger partial charge in [-0.3, -0.25) is 14.2 Å². The van der Waals surface area contributed by atoms with Crippen molar-refractivity contribution in [1.82, 2.24) is 19.7 Å². The lowest BCUT2D eigenvalue weighted by Gasteiger charge is -2.09. The van der Waals surface area contributed by atoms with Crippen LogP contribution in [0.15, 0.2) is 23.0 Å². The van der Waals surface area contributed by atoms with E-state index in [-0.39, 0.29) is 23.2 Å². The number of rotatable bonds is 7. The van der Waals surface area contributed by atoms with Crippen LogP contribution in [0, 0.1) is 0 Å². The number of carbonyl (C=O) groups excluding carboxylic acids is 2. The molecule has 0 aliphatic carbocycles. The van der Waals surface area contributed by atoms with Gasteiger partial charge in [-0.1, -0.05) is 18.0 Å². The van der Waals surface area contributed by atoms with Gasteiger partial charge in [0.2, 0.25) is 5.91 Å². The van der Waals surface area contributed by atoms with Crippen LogP contribution in [0.1, 0.15) is 35.4 Å². The van der Waals surface area contributed by atoms with Crippen LogP contribution in [0.2, 0.25) is 5.02 Å². The van der Waals surface area contributed by atoms with E-state index in [1.54, 1.807) is 17.7 Å². The van der Waals surface area contributed by atoms with Gasteiger partial charge in [0, 0.05) is 32.3 Å². The van der Waals surface area contributed by atoms with Crippen molar-refractivity contribution in [2.75, 3.05) is 25.6 Å². The van der Waals surface area contributed by atoms with Gasteiger partial charge >= 0.3 is 5.69 Å². The van der Waals surface area contributed by atoms with Crippen molar-refractivity contribution in [3.8, 4) is 0 Å². The summed E-state index contributed by atoms with van der Waals surface area (Å²) in [4.78, 5) is 36.9. The summed E-state index contributed by atoms with van der Waals surface area (Å²) < 4.78 is 7.72. The second-order valence-electron chi connectivity index (χ2n) is 6.81. The van der Waals surface area contributed by atoms with E-state index < -0.39 is 5.91 Å². The molecule has 1 aliphatic rings. The third-order valence-electron chi connectivity index (χ3n) is 4.66. The molecule has 0 bridgehead atoms. The minimum atomic E-state index is -0.395. The van der Waals surface area contributed by atoms with Crippen LogP contribution in [0.3, 0.4) is 0 Å². The first kappa shape index (κ1) is 21.1. The Morgan fingerprint density at radius 2 is 2.10 bits per heavy atom. The Morgan fingerprint density at radius 1 is 1.28 bits per heavy atom. The molecule has 3 rings (SSSR count). The van der Waals surface area contributed by atoms with Gasteiger partial charge < -0.3 is 15.4 Å². The zero-order valence-corrected chi connectivity index (χ0v) is 17.0. The molecule has 2 aromatic rings. The van der Waals surface area contributed by atoms with Crippen molar-refractivity contribution in [2.24, 2.45) is 0 Å². The standard InChI is InChI=1S/C19H24ClN5O4/c1-29-10-8-21-18(27)14-7-6-13(11-15(14)20)22-17(26)12-25-19(28)24-9-4-2-3-5-16(24)23-25/h6-7,11H,2-5,8-10,12H2,1H3,(H,21,27)(H,22,26). The van der Waals surface area contributed by atoms with Gasteiger partial charge in [-0.15, -0.1) is 0 Å². The maximum absolute atomic E-state index is 12.4. The Hall–Kier alpha value is -2.65. The van der Waals surface area contributed by atoms with Crippen molar-refractivity contribution in [1.29, 1.82) is 0 Å². The summed E-state index contributed by atoms with van der Waals surface area (Å²) in [5.41, 5.74) is 0.468. The molecule has 0 saturated heterocycles. The van der Waals surface area contributed by atoms with Crippen molar-refractivity contribution in [2.45, 2.75) is 38.8 Å². The first-order valence-corrected chi connectivity index (χ1v) is 9.90. The number of halogens is 1. The molecule has 156 valence electrons. The third-order valence-corrected chi connectivity index (χ3v) is 4.98. The average molecular weight is 422 g/mol. The van der Waals surface area contributed by atoms with Crippen molar-refractivity contribution in [3.63, 3.8) is 0 Å². The molecule has 9 nitrogen and oxygen atoms in total. The number of ether oxygens (including phenoxy) is 1. The number of nitrogens with one attached hydrogen (secondary N) is 2. The molecule has 0 atom stereocenters. The highest BCUT2D eigenvalue weighted by Crippen LogP contribution is 2.21. The summed E-state index contributed by atoms with van der Waals surface area (Å²) in [6.07, 6.45) is 3.75. The molecule has 0 saturated carbocycles. The highest BCUT2D eigenvalue weighted by Gasteiger charge is 2.18. The summed E-state index contributed by atoms with van der Waals surface area (Å²) in [6, 6.07) is 4.61. The third kappa shape index (κ3) is 5.24. The molecule has 1 aromatic carbocycles. The molecule has 0 radical (unpaired) electrons. The lowest BCUT2D eigenvalue weighted by atomic mass is 10.2. The first-order chi connectivity index (χ1) is 14.0. The molecule has 29 heavy (non-hydrogen) atoms. The molecule has 0 fully saturated rings. The highest BCUT2D eigenvalue weighted by atomic mass is 35.5. The smallest absolute Gasteiger partial charge is 0.346 e. The summed E-state index contributed by atoms with van der Waals surface area (Å²) in [7, 11) is 1.55.